The van der Waals surface area contributed by atoms with Crippen LogP contribution in [0.5, 0.6) is 5.75 Å². The van der Waals surface area contributed by atoms with Gasteiger partial charge in [0.2, 0.25) is 0 Å². The van der Waals surface area contributed by atoms with Crippen molar-refractivity contribution < 1.29 is 13.9 Å². The highest BCUT2D eigenvalue weighted by Crippen LogP contribution is 2.30. The van der Waals surface area contributed by atoms with Crippen LogP contribution in [0.25, 0.3) is 21.6 Å². The number of aromatic nitrogens is 3. The molecule has 31 heavy (non-hydrogen) atoms. The van der Waals surface area contributed by atoms with E-state index < -0.39 is 5.82 Å². The molecule has 0 aliphatic heterocycles. The minimum absolute atomic E-state index is 0.103. The molecule has 3 heterocycles. The average molecular weight is 439 g/mol. The molecule has 0 bridgehead atoms. The van der Waals surface area contributed by atoms with Gasteiger partial charge in [-0.25, -0.2) is 14.1 Å². The fourth-order valence-corrected chi connectivity index (χ4v) is 4.17. The van der Waals surface area contributed by atoms with Gasteiger partial charge in [0.05, 0.1) is 34.8 Å². The van der Waals surface area contributed by atoms with Crippen LogP contribution in [0.2, 0.25) is 0 Å². The summed E-state index contributed by atoms with van der Waals surface area (Å²) >= 11 is 1.57. The number of rotatable bonds is 6. The van der Waals surface area contributed by atoms with Crippen molar-refractivity contribution in [3.05, 3.63) is 64.9 Å². The molecule has 160 valence electrons. The van der Waals surface area contributed by atoms with Crippen molar-refractivity contribution in [3.63, 3.8) is 0 Å². The number of hydrogen-bond donors (Lipinski definition) is 0. The number of carbonyl (C=O) groups excluding carboxylic acids is 1. The van der Waals surface area contributed by atoms with Gasteiger partial charge in [-0.1, -0.05) is 12.1 Å². The van der Waals surface area contributed by atoms with E-state index in [0.29, 0.717) is 22.2 Å². The number of fused-ring (bicyclic) bond motifs is 1. The van der Waals surface area contributed by atoms with Crippen molar-refractivity contribution in [3.8, 4) is 16.3 Å². The summed E-state index contributed by atoms with van der Waals surface area (Å²) in [6.07, 6.45) is 1.69. The number of methoxy groups -OCH3 is 1. The molecule has 3 aromatic heterocycles. The first-order valence-electron chi connectivity index (χ1n) is 9.89. The lowest BCUT2D eigenvalue weighted by Gasteiger charge is -2.19. The predicted molar refractivity (Wildman–Crippen MR) is 120 cm³/mol. The Labute approximate surface area is 183 Å². The zero-order valence-electron chi connectivity index (χ0n) is 17.8. The highest BCUT2D eigenvalue weighted by Gasteiger charge is 2.21. The number of nitrogens with zero attached hydrogens (tertiary/aromatic N) is 4. The van der Waals surface area contributed by atoms with Crippen LogP contribution >= 0.6 is 11.3 Å². The first kappa shape index (κ1) is 21.0. The zero-order valence-corrected chi connectivity index (χ0v) is 18.6. The van der Waals surface area contributed by atoms with Gasteiger partial charge in [0.1, 0.15) is 0 Å². The first-order chi connectivity index (χ1) is 14.9. The summed E-state index contributed by atoms with van der Waals surface area (Å²) in [6.45, 7) is 4.31. The summed E-state index contributed by atoms with van der Waals surface area (Å²) in [6, 6.07) is 10.6. The van der Waals surface area contributed by atoms with Crippen LogP contribution in [0.1, 0.15) is 35.8 Å². The third-order valence-electron chi connectivity index (χ3n) is 5.04. The average Bonchev–Trinajstić information content (AvgIpc) is 3.42. The SMILES string of the molecule is COc1ccc(CN(C)C(=O)c2cc(-c3cccs3)nc3c2cnn3C(C)C)cc1F. The molecule has 0 radical (unpaired) electrons. The fraction of sp³-hybridized carbons (Fsp3) is 0.261. The van der Waals surface area contributed by atoms with E-state index in [-0.39, 0.29) is 24.2 Å². The quantitative estimate of drug-likeness (QED) is 0.417. The van der Waals surface area contributed by atoms with Gasteiger partial charge in [-0.3, -0.25) is 4.79 Å². The van der Waals surface area contributed by atoms with Crippen molar-refractivity contribution in [2.24, 2.45) is 0 Å². The van der Waals surface area contributed by atoms with Gasteiger partial charge in [0, 0.05) is 19.6 Å². The maximum absolute atomic E-state index is 14.1. The third kappa shape index (κ3) is 4.03. The number of thiophene rings is 1. The molecule has 0 fully saturated rings. The Kier molecular flexibility index (Phi) is 5.73. The first-order valence-corrected chi connectivity index (χ1v) is 10.8. The normalized spacial score (nSPS) is 11.3. The van der Waals surface area contributed by atoms with E-state index in [1.54, 1.807) is 41.6 Å². The van der Waals surface area contributed by atoms with Crippen molar-refractivity contribution >= 4 is 28.3 Å². The Morgan fingerprint density at radius 2 is 2.10 bits per heavy atom. The monoisotopic (exact) mass is 438 g/mol. The minimum atomic E-state index is -0.453. The van der Waals surface area contributed by atoms with Crippen molar-refractivity contribution in [1.29, 1.82) is 0 Å². The van der Waals surface area contributed by atoms with Crippen LogP contribution in [0.15, 0.2) is 48.0 Å². The fourth-order valence-electron chi connectivity index (χ4n) is 3.48. The number of halogens is 1. The van der Waals surface area contributed by atoms with Gasteiger partial charge in [-0.05, 0) is 49.1 Å². The Morgan fingerprint density at radius 1 is 1.29 bits per heavy atom. The Balaban J connectivity index is 1.73. The standard InChI is InChI=1S/C23H23FN4O2S/c1-14(2)28-22-17(12-25-28)16(11-19(26-22)21-6-5-9-31-21)23(29)27(3)13-15-7-8-20(30-4)18(24)10-15/h5-12,14H,13H2,1-4H3. The number of ether oxygens (including phenoxy) is 1. The second-order valence-electron chi connectivity index (χ2n) is 7.58. The van der Waals surface area contributed by atoms with Crippen molar-refractivity contribution in [1.82, 2.24) is 19.7 Å². The summed E-state index contributed by atoms with van der Waals surface area (Å²) in [5.74, 6) is -0.453. The van der Waals surface area contributed by atoms with E-state index in [9.17, 15) is 9.18 Å². The molecule has 0 N–H and O–H groups in total. The number of benzene rings is 1. The van der Waals surface area contributed by atoms with Crippen LogP contribution in [-0.4, -0.2) is 39.7 Å². The highest BCUT2D eigenvalue weighted by molar-refractivity contribution is 7.13. The second-order valence-corrected chi connectivity index (χ2v) is 8.53. The van der Waals surface area contributed by atoms with Crippen LogP contribution in [0, 0.1) is 5.82 Å². The Hall–Kier alpha value is -3.26. The molecule has 0 aliphatic rings. The number of carbonyl (C=O) groups is 1. The molecule has 6 nitrogen and oxygen atoms in total. The largest absolute Gasteiger partial charge is 0.494 e. The lowest BCUT2D eigenvalue weighted by molar-refractivity contribution is 0.0787. The van der Waals surface area contributed by atoms with Gasteiger partial charge < -0.3 is 9.64 Å². The lowest BCUT2D eigenvalue weighted by atomic mass is 10.1. The number of amides is 1. The summed E-state index contributed by atoms with van der Waals surface area (Å²) in [5, 5.41) is 7.14. The Bertz CT molecular complexity index is 1230. The molecular weight excluding hydrogens is 415 g/mol. The molecule has 0 spiro atoms. The van der Waals surface area contributed by atoms with Gasteiger partial charge in [-0.2, -0.15) is 5.10 Å². The molecule has 0 saturated heterocycles. The third-order valence-corrected chi connectivity index (χ3v) is 5.93. The van der Waals surface area contributed by atoms with Crippen molar-refractivity contribution in [2.45, 2.75) is 26.4 Å². The van der Waals surface area contributed by atoms with E-state index >= 15 is 0 Å². The maximum atomic E-state index is 14.1. The molecule has 0 saturated carbocycles. The molecule has 0 aliphatic carbocycles. The van der Waals surface area contributed by atoms with Gasteiger partial charge in [0.25, 0.3) is 5.91 Å². The Morgan fingerprint density at radius 3 is 2.74 bits per heavy atom. The summed E-state index contributed by atoms with van der Waals surface area (Å²) in [5.41, 5.74) is 2.61. The van der Waals surface area contributed by atoms with Gasteiger partial charge >= 0.3 is 0 Å². The molecular formula is C23H23FN4O2S. The molecule has 1 aromatic carbocycles. The molecule has 4 aromatic rings. The highest BCUT2D eigenvalue weighted by atomic mass is 32.1. The van der Waals surface area contributed by atoms with E-state index in [1.165, 1.54) is 13.2 Å². The van der Waals surface area contributed by atoms with Gasteiger partial charge in [-0.15, -0.1) is 11.3 Å². The van der Waals surface area contributed by atoms with E-state index in [4.69, 9.17) is 9.72 Å². The van der Waals surface area contributed by atoms with Crippen LogP contribution in [0.3, 0.4) is 0 Å². The minimum Gasteiger partial charge on any atom is -0.494 e. The van der Waals surface area contributed by atoms with Crippen LogP contribution in [0.4, 0.5) is 4.39 Å². The number of hydrogen-bond acceptors (Lipinski definition) is 5. The molecule has 4 rings (SSSR count). The van der Waals surface area contributed by atoms with Gasteiger partial charge in [0.15, 0.2) is 17.2 Å². The van der Waals surface area contributed by atoms with Crippen LogP contribution in [-0.2, 0) is 6.54 Å². The number of pyridine rings is 1. The van der Waals surface area contributed by atoms with Crippen LogP contribution < -0.4 is 4.74 Å². The molecule has 8 heteroatoms. The topological polar surface area (TPSA) is 60.2 Å². The predicted octanol–water partition coefficient (Wildman–Crippen LogP) is 5.16. The summed E-state index contributed by atoms with van der Waals surface area (Å²) < 4.78 is 20.9. The van der Waals surface area contributed by atoms with E-state index in [1.807, 2.05) is 42.1 Å². The molecule has 1 amide bonds. The van der Waals surface area contributed by atoms with E-state index in [2.05, 4.69) is 5.10 Å². The molecule has 0 unspecified atom stereocenters. The second kappa shape index (κ2) is 8.47. The maximum Gasteiger partial charge on any atom is 0.254 e. The summed E-state index contributed by atoms with van der Waals surface area (Å²) in [7, 11) is 3.12. The smallest absolute Gasteiger partial charge is 0.254 e. The van der Waals surface area contributed by atoms with Crippen molar-refractivity contribution in [2.75, 3.05) is 14.2 Å². The lowest BCUT2D eigenvalue weighted by Crippen LogP contribution is -2.26. The zero-order chi connectivity index (χ0) is 22.1. The molecule has 0 atom stereocenters. The van der Waals surface area contributed by atoms with E-state index in [0.717, 1.165) is 10.6 Å². The summed E-state index contributed by atoms with van der Waals surface area (Å²) in [4.78, 5) is 20.8.